The molecule has 0 aromatic heterocycles. The largest absolute Gasteiger partial charge is 0.525 e. The van der Waals surface area contributed by atoms with Crippen LogP contribution in [-0.2, 0) is 13.3 Å². The van der Waals surface area contributed by atoms with Crippen molar-refractivity contribution < 1.29 is 13.3 Å². The van der Waals surface area contributed by atoms with Gasteiger partial charge < -0.3 is 13.3 Å². The van der Waals surface area contributed by atoms with Gasteiger partial charge in [-0.25, -0.2) is 0 Å². The standard InChI is InChI=1S/C4H10Br2O3Si/c1-7-10(8-2,9-3)4(5)6/h4H,1-3H3. The summed E-state index contributed by atoms with van der Waals surface area (Å²) in [6.45, 7) is 0. The Kier molecular flexibility index (Phi) is 5.35. The predicted molar refractivity (Wildman–Crippen MR) is 48.4 cm³/mol. The molecule has 62 valence electrons. The Morgan fingerprint density at radius 2 is 1.30 bits per heavy atom. The molecule has 0 amide bonds. The van der Waals surface area contributed by atoms with E-state index in [1.807, 2.05) is 0 Å². The summed E-state index contributed by atoms with van der Waals surface area (Å²) in [7, 11) is 2.23. The lowest BCUT2D eigenvalue weighted by Gasteiger charge is -2.25. The van der Waals surface area contributed by atoms with Crippen LogP contribution in [0.1, 0.15) is 0 Å². The summed E-state index contributed by atoms with van der Waals surface area (Å²) in [6.07, 6.45) is 0. The van der Waals surface area contributed by atoms with Crippen molar-refractivity contribution in [1.29, 1.82) is 0 Å². The number of hydrogen-bond donors (Lipinski definition) is 0. The predicted octanol–water partition coefficient (Wildman–Crippen LogP) is 1.52. The lowest BCUT2D eigenvalue weighted by Crippen LogP contribution is -2.49. The number of halogens is 2. The van der Waals surface area contributed by atoms with Crippen molar-refractivity contribution in [3.63, 3.8) is 0 Å². The van der Waals surface area contributed by atoms with E-state index >= 15 is 0 Å². The summed E-state index contributed by atoms with van der Waals surface area (Å²) in [5.74, 6) is 0. The van der Waals surface area contributed by atoms with E-state index in [1.54, 1.807) is 21.3 Å². The van der Waals surface area contributed by atoms with E-state index < -0.39 is 8.80 Å². The van der Waals surface area contributed by atoms with Crippen LogP contribution in [0, 0.1) is 0 Å². The van der Waals surface area contributed by atoms with Gasteiger partial charge in [-0.05, 0) is 0 Å². The molecule has 0 aliphatic rings. The van der Waals surface area contributed by atoms with Gasteiger partial charge in [-0.3, -0.25) is 0 Å². The van der Waals surface area contributed by atoms with Crippen molar-refractivity contribution in [3.05, 3.63) is 0 Å². The Hall–Kier alpha value is 1.06. The van der Waals surface area contributed by atoms with Crippen LogP contribution in [0.2, 0.25) is 0 Å². The fraction of sp³-hybridized carbons (Fsp3) is 1.00. The Morgan fingerprint density at radius 3 is 1.30 bits per heavy atom. The number of alkyl halides is 2. The van der Waals surface area contributed by atoms with E-state index in [1.165, 1.54) is 0 Å². The Morgan fingerprint density at radius 1 is 1.00 bits per heavy atom. The molecule has 0 saturated carbocycles. The van der Waals surface area contributed by atoms with Crippen LogP contribution in [0.15, 0.2) is 0 Å². The first-order valence-corrected chi connectivity index (χ1v) is 6.20. The highest BCUT2D eigenvalue weighted by Gasteiger charge is 2.44. The molecular weight excluding hydrogens is 284 g/mol. The molecule has 0 aliphatic heterocycles. The molecule has 0 unspecified atom stereocenters. The summed E-state index contributed by atoms with van der Waals surface area (Å²) in [5, 5.41) is 0. The van der Waals surface area contributed by atoms with Gasteiger partial charge in [0.05, 0.1) is 0 Å². The highest BCUT2D eigenvalue weighted by molar-refractivity contribution is 9.25. The zero-order chi connectivity index (χ0) is 8.20. The molecule has 0 fully saturated rings. The molecule has 0 spiro atoms. The average molecular weight is 294 g/mol. The Balaban J connectivity index is 4.15. The first kappa shape index (κ1) is 11.1. The Bertz CT molecular complexity index is 88.2. The monoisotopic (exact) mass is 292 g/mol. The number of hydrogen-bond acceptors (Lipinski definition) is 3. The SMILES string of the molecule is CO[Si](OC)(OC)C(Br)Br. The highest BCUT2D eigenvalue weighted by Crippen LogP contribution is 2.23. The molecule has 0 saturated heterocycles. The van der Waals surface area contributed by atoms with Gasteiger partial charge in [0.25, 0.3) is 0 Å². The molecular formula is C4H10Br2O3Si. The fourth-order valence-corrected chi connectivity index (χ4v) is 4.92. The van der Waals surface area contributed by atoms with Gasteiger partial charge in [0, 0.05) is 21.3 Å². The van der Waals surface area contributed by atoms with Crippen LogP contribution in [0.25, 0.3) is 0 Å². The van der Waals surface area contributed by atoms with E-state index in [2.05, 4.69) is 31.9 Å². The molecule has 3 nitrogen and oxygen atoms in total. The summed E-state index contributed by atoms with van der Waals surface area (Å²) in [5.41, 5.74) is 0. The van der Waals surface area contributed by atoms with Crippen molar-refractivity contribution in [3.8, 4) is 0 Å². The fourth-order valence-electron chi connectivity index (χ4n) is 0.517. The van der Waals surface area contributed by atoms with E-state index in [4.69, 9.17) is 13.3 Å². The van der Waals surface area contributed by atoms with Crippen molar-refractivity contribution >= 4 is 40.7 Å². The summed E-state index contributed by atoms with van der Waals surface area (Å²) < 4.78 is 15.2. The molecule has 0 radical (unpaired) electrons. The minimum atomic E-state index is -2.46. The molecule has 0 aromatic carbocycles. The van der Waals surface area contributed by atoms with Gasteiger partial charge >= 0.3 is 8.80 Å². The lowest BCUT2D eigenvalue weighted by atomic mass is 11.8. The van der Waals surface area contributed by atoms with Crippen molar-refractivity contribution in [1.82, 2.24) is 0 Å². The van der Waals surface area contributed by atoms with Crippen LogP contribution in [0.5, 0.6) is 0 Å². The normalized spacial score (nSPS) is 12.6. The molecule has 0 aromatic rings. The topological polar surface area (TPSA) is 27.7 Å². The summed E-state index contributed by atoms with van der Waals surface area (Å²) in [4.78, 5) is 0. The van der Waals surface area contributed by atoms with Crippen molar-refractivity contribution in [2.75, 3.05) is 21.3 Å². The zero-order valence-corrected chi connectivity index (χ0v) is 10.2. The average Bonchev–Trinajstić information content (AvgIpc) is 1.92. The second-order valence-corrected chi connectivity index (χ2v) is 9.28. The zero-order valence-electron chi connectivity index (χ0n) is 6.06. The van der Waals surface area contributed by atoms with E-state index in [-0.39, 0.29) is 3.36 Å². The van der Waals surface area contributed by atoms with Gasteiger partial charge in [-0.2, -0.15) is 0 Å². The molecule has 6 heteroatoms. The van der Waals surface area contributed by atoms with E-state index in [0.717, 1.165) is 0 Å². The molecule has 0 atom stereocenters. The highest BCUT2D eigenvalue weighted by atomic mass is 79.9. The van der Waals surface area contributed by atoms with Crippen LogP contribution in [0.3, 0.4) is 0 Å². The van der Waals surface area contributed by atoms with E-state index in [0.29, 0.717) is 0 Å². The van der Waals surface area contributed by atoms with Crippen LogP contribution in [-0.4, -0.2) is 33.5 Å². The second-order valence-electron chi connectivity index (χ2n) is 1.52. The van der Waals surface area contributed by atoms with Gasteiger partial charge in [-0.1, -0.05) is 31.9 Å². The first-order chi connectivity index (χ1) is 4.63. The molecule has 0 N–H and O–H groups in total. The van der Waals surface area contributed by atoms with E-state index in [9.17, 15) is 0 Å². The smallest absolute Gasteiger partial charge is 0.376 e. The third-order valence-corrected chi connectivity index (χ3v) is 6.73. The summed E-state index contributed by atoms with van der Waals surface area (Å²) in [6, 6.07) is 0. The quantitative estimate of drug-likeness (QED) is 0.581. The minimum absolute atomic E-state index is 0.0625. The van der Waals surface area contributed by atoms with Crippen LogP contribution < -0.4 is 0 Å². The summed E-state index contributed by atoms with van der Waals surface area (Å²) >= 11 is 6.56. The first-order valence-electron chi connectivity index (χ1n) is 2.56. The Labute approximate surface area is 78.7 Å². The third kappa shape index (κ3) is 2.28. The number of rotatable bonds is 4. The molecule has 0 bridgehead atoms. The van der Waals surface area contributed by atoms with Gasteiger partial charge in [-0.15, -0.1) is 0 Å². The maximum Gasteiger partial charge on any atom is 0.525 e. The van der Waals surface area contributed by atoms with Gasteiger partial charge in [0.15, 0.2) is 0 Å². The maximum atomic E-state index is 5.10. The second kappa shape index (κ2) is 4.84. The van der Waals surface area contributed by atoms with Crippen molar-refractivity contribution in [2.24, 2.45) is 0 Å². The van der Waals surface area contributed by atoms with Crippen molar-refractivity contribution in [2.45, 2.75) is 3.36 Å². The maximum absolute atomic E-state index is 5.10. The minimum Gasteiger partial charge on any atom is -0.376 e. The van der Waals surface area contributed by atoms with Gasteiger partial charge in [0.2, 0.25) is 0 Å². The molecule has 0 heterocycles. The molecule has 10 heavy (non-hydrogen) atoms. The third-order valence-electron chi connectivity index (χ3n) is 1.12. The lowest BCUT2D eigenvalue weighted by molar-refractivity contribution is 0.129. The molecule has 0 aliphatic carbocycles. The van der Waals surface area contributed by atoms with Crippen LogP contribution in [0.4, 0.5) is 0 Å². The molecule has 0 rings (SSSR count). The van der Waals surface area contributed by atoms with Gasteiger partial charge in [0.1, 0.15) is 3.36 Å². The van der Waals surface area contributed by atoms with Crippen LogP contribution >= 0.6 is 31.9 Å².